The van der Waals surface area contributed by atoms with Crippen LogP contribution in [-0.4, -0.2) is 39.2 Å². The summed E-state index contributed by atoms with van der Waals surface area (Å²) >= 11 is 0. The molecule has 0 amide bonds. The Balaban J connectivity index is 2.71. The molecule has 2 atom stereocenters. The third-order valence-corrected chi connectivity index (χ3v) is 3.37. The number of hydrogen-bond acceptors (Lipinski definition) is 4. The lowest BCUT2D eigenvalue weighted by Gasteiger charge is -2.09. The molecule has 0 bridgehead atoms. The van der Waals surface area contributed by atoms with Gasteiger partial charge in [0.1, 0.15) is 0 Å². The van der Waals surface area contributed by atoms with Crippen LogP contribution in [0, 0.1) is 0 Å². The molecule has 1 rings (SSSR count). The van der Waals surface area contributed by atoms with Crippen molar-refractivity contribution in [2.45, 2.75) is 12.1 Å². The SMILES string of the molecule is CO[C@H]1CS(=O)(=O)C[C@H]1N. The fourth-order valence-electron chi connectivity index (χ4n) is 1.09. The molecular formula is C5H11NO3S. The molecule has 0 aromatic heterocycles. The van der Waals surface area contributed by atoms with Gasteiger partial charge in [0, 0.05) is 13.2 Å². The highest BCUT2D eigenvalue weighted by Crippen LogP contribution is 2.12. The molecule has 2 N–H and O–H groups in total. The van der Waals surface area contributed by atoms with Crippen LogP contribution in [0.2, 0.25) is 0 Å². The van der Waals surface area contributed by atoms with E-state index < -0.39 is 9.84 Å². The Morgan fingerprint density at radius 1 is 1.50 bits per heavy atom. The quantitative estimate of drug-likeness (QED) is 0.527. The fraction of sp³-hybridized carbons (Fsp3) is 1.00. The van der Waals surface area contributed by atoms with Crippen LogP contribution in [-0.2, 0) is 14.6 Å². The molecule has 0 aromatic carbocycles. The lowest BCUT2D eigenvalue weighted by atomic mass is 10.2. The number of rotatable bonds is 1. The van der Waals surface area contributed by atoms with Crippen molar-refractivity contribution >= 4 is 9.84 Å². The first-order valence-electron chi connectivity index (χ1n) is 3.04. The van der Waals surface area contributed by atoms with Crippen molar-refractivity contribution in [2.75, 3.05) is 18.6 Å². The largest absolute Gasteiger partial charge is 0.379 e. The Hall–Kier alpha value is -0.130. The van der Waals surface area contributed by atoms with E-state index in [2.05, 4.69) is 0 Å². The Bertz CT molecular complexity index is 211. The summed E-state index contributed by atoms with van der Waals surface area (Å²) in [6.07, 6.45) is -0.301. The minimum Gasteiger partial charge on any atom is -0.379 e. The zero-order chi connectivity index (χ0) is 7.78. The van der Waals surface area contributed by atoms with Crippen LogP contribution < -0.4 is 5.73 Å². The van der Waals surface area contributed by atoms with Crippen LogP contribution in [0.4, 0.5) is 0 Å². The highest BCUT2D eigenvalue weighted by molar-refractivity contribution is 7.91. The third-order valence-electron chi connectivity index (χ3n) is 1.64. The van der Waals surface area contributed by atoms with Crippen molar-refractivity contribution in [1.82, 2.24) is 0 Å². The molecule has 5 heteroatoms. The summed E-state index contributed by atoms with van der Waals surface area (Å²) in [6.45, 7) is 0. The van der Waals surface area contributed by atoms with Gasteiger partial charge >= 0.3 is 0 Å². The molecule has 1 fully saturated rings. The van der Waals surface area contributed by atoms with Gasteiger partial charge in [-0.15, -0.1) is 0 Å². The van der Waals surface area contributed by atoms with Gasteiger partial charge in [-0.1, -0.05) is 0 Å². The second-order valence-electron chi connectivity index (χ2n) is 2.51. The number of nitrogens with two attached hydrogens (primary N) is 1. The van der Waals surface area contributed by atoms with Crippen LogP contribution in [0.5, 0.6) is 0 Å². The van der Waals surface area contributed by atoms with E-state index in [0.717, 1.165) is 0 Å². The molecule has 60 valence electrons. The van der Waals surface area contributed by atoms with Crippen LogP contribution in [0.3, 0.4) is 0 Å². The minimum atomic E-state index is -2.91. The molecule has 0 unspecified atom stereocenters. The van der Waals surface area contributed by atoms with Gasteiger partial charge in [-0.2, -0.15) is 0 Å². The maximum absolute atomic E-state index is 10.9. The maximum atomic E-state index is 10.9. The summed E-state index contributed by atoms with van der Waals surface area (Å²) in [5.74, 6) is 0.135. The number of ether oxygens (including phenoxy) is 1. The van der Waals surface area contributed by atoms with Crippen molar-refractivity contribution < 1.29 is 13.2 Å². The minimum absolute atomic E-state index is 0.0610. The maximum Gasteiger partial charge on any atom is 0.154 e. The first-order valence-corrected chi connectivity index (χ1v) is 4.86. The summed E-state index contributed by atoms with van der Waals surface area (Å²) in [4.78, 5) is 0. The highest BCUT2D eigenvalue weighted by atomic mass is 32.2. The molecule has 1 saturated heterocycles. The number of methoxy groups -OCH3 is 1. The van der Waals surface area contributed by atoms with E-state index >= 15 is 0 Å². The summed E-state index contributed by atoms with van der Waals surface area (Å²) in [6, 6.07) is -0.338. The van der Waals surface area contributed by atoms with Crippen molar-refractivity contribution in [3.05, 3.63) is 0 Å². The van der Waals surface area contributed by atoms with Crippen LogP contribution >= 0.6 is 0 Å². The van der Waals surface area contributed by atoms with Crippen molar-refractivity contribution in [1.29, 1.82) is 0 Å². The third kappa shape index (κ3) is 1.47. The standard InChI is InChI=1S/C5H11NO3S/c1-9-5-3-10(7,8)2-4(5)6/h4-5H,2-3,6H2,1H3/t4-,5+/m1/s1. The van der Waals surface area contributed by atoms with E-state index in [-0.39, 0.29) is 23.7 Å². The average Bonchev–Trinajstić information content (AvgIpc) is 2.05. The highest BCUT2D eigenvalue weighted by Gasteiger charge is 2.34. The Morgan fingerprint density at radius 3 is 2.30 bits per heavy atom. The molecule has 4 nitrogen and oxygen atoms in total. The van der Waals surface area contributed by atoms with Crippen LogP contribution in [0.15, 0.2) is 0 Å². The molecule has 0 spiro atoms. The van der Waals surface area contributed by atoms with Gasteiger partial charge in [0.05, 0.1) is 17.6 Å². The van der Waals surface area contributed by atoms with E-state index in [4.69, 9.17) is 10.5 Å². The Morgan fingerprint density at radius 2 is 2.10 bits per heavy atom. The fourth-order valence-corrected chi connectivity index (χ4v) is 2.91. The molecule has 0 aromatic rings. The predicted octanol–water partition coefficient (Wildman–Crippen LogP) is -1.24. The van der Waals surface area contributed by atoms with Crippen molar-refractivity contribution in [3.63, 3.8) is 0 Å². The van der Waals surface area contributed by atoms with Gasteiger partial charge in [-0.3, -0.25) is 0 Å². The zero-order valence-corrected chi connectivity index (χ0v) is 6.60. The number of sulfone groups is 1. The van der Waals surface area contributed by atoms with Gasteiger partial charge in [0.15, 0.2) is 9.84 Å². The van der Waals surface area contributed by atoms with Crippen LogP contribution in [0.25, 0.3) is 0 Å². The first-order chi connectivity index (χ1) is 4.55. The molecule has 1 aliphatic heterocycles. The van der Waals surface area contributed by atoms with Crippen molar-refractivity contribution in [2.24, 2.45) is 5.73 Å². The molecule has 10 heavy (non-hydrogen) atoms. The topological polar surface area (TPSA) is 69.4 Å². The molecule has 0 saturated carbocycles. The normalized spacial score (nSPS) is 38.2. The second kappa shape index (κ2) is 2.48. The smallest absolute Gasteiger partial charge is 0.154 e. The van der Waals surface area contributed by atoms with Gasteiger partial charge in [-0.25, -0.2) is 8.42 Å². The van der Waals surface area contributed by atoms with Crippen LogP contribution in [0.1, 0.15) is 0 Å². The van der Waals surface area contributed by atoms with Gasteiger partial charge in [0.25, 0.3) is 0 Å². The summed E-state index contributed by atoms with van der Waals surface area (Å²) < 4.78 is 26.6. The van der Waals surface area contributed by atoms with E-state index in [0.29, 0.717) is 0 Å². The lowest BCUT2D eigenvalue weighted by Crippen LogP contribution is -2.34. The predicted molar refractivity (Wildman–Crippen MR) is 37.4 cm³/mol. The monoisotopic (exact) mass is 165 g/mol. The summed E-state index contributed by atoms with van der Waals surface area (Å²) in [5, 5.41) is 0. The summed E-state index contributed by atoms with van der Waals surface area (Å²) in [7, 11) is -1.43. The first kappa shape index (κ1) is 7.97. The number of hydrogen-bond donors (Lipinski definition) is 1. The van der Waals surface area contributed by atoms with E-state index in [1.165, 1.54) is 7.11 Å². The molecule has 0 aliphatic carbocycles. The molecule has 1 heterocycles. The second-order valence-corrected chi connectivity index (χ2v) is 4.67. The lowest BCUT2D eigenvalue weighted by molar-refractivity contribution is 0.110. The summed E-state index contributed by atoms with van der Waals surface area (Å²) in [5.41, 5.74) is 5.46. The molecule has 1 aliphatic rings. The molecule has 0 radical (unpaired) electrons. The molecular weight excluding hydrogens is 154 g/mol. The Kier molecular flexibility index (Phi) is 1.98. The average molecular weight is 165 g/mol. The van der Waals surface area contributed by atoms with E-state index in [9.17, 15) is 8.42 Å². The van der Waals surface area contributed by atoms with Gasteiger partial charge in [-0.05, 0) is 0 Å². The van der Waals surface area contributed by atoms with Gasteiger partial charge < -0.3 is 10.5 Å². The van der Waals surface area contributed by atoms with Gasteiger partial charge in [0.2, 0.25) is 0 Å². The van der Waals surface area contributed by atoms with E-state index in [1.807, 2.05) is 0 Å². The zero-order valence-electron chi connectivity index (χ0n) is 5.78. The Labute approximate surface area is 60.3 Å². The van der Waals surface area contributed by atoms with Crippen molar-refractivity contribution in [3.8, 4) is 0 Å². The van der Waals surface area contributed by atoms with E-state index in [1.54, 1.807) is 0 Å².